The normalized spacial score (nSPS) is 26.5. The van der Waals surface area contributed by atoms with Gasteiger partial charge in [-0.25, -0.2) is 4.99 Å². The SMILES string of the molecule is C[C@H]1[C@H]2c3ccccc3O[C@@]1(C)N=c1s/c(=C\c3ccccc3)c(=O)n12. The fourth-order valence-corrected chi connectivity index (χ4v) is 4.98. The lowest BCUT2D eigenvalue weighted by molar-refractivity contribution is -0.0121. The van der Waals surface area contributed by atoms with Crippen LogP contribution < -0.4 is 19.6 Å². The van der Waals surface area contributed by atoms with E-state index in [1.165, 1.54) is 11.3 Å². The van der Waals surface area contributed by atoms with Crippen LogP contribution >= 0.6 is 11.3 Å². The van der Waals surface area contributed by atoms with Gasteiger partial charge in [-0.15, -0.1) is 0 Å². The molecule has 0 radical (unpaired) electrons. The second-order valence-corrected chi connectivity index (χ2v) is 8.03. The number of benzene rings is 2. The summed E-state index contributed by atoms with van der Waals surface area (Å²) in [6.07, 6.45) is 1.94. The van der Waals surface area contributed by atoms with Crippen molar-refractivity contribution in [3.63, 3.8) is 0 Å². The van der Waals surface area contributed by atoms with Gasteiger partial charge in [0.2, 0.25) is 5.72 Å². The van der Waals surface area contributed by atoms with E-state index in [0.717, 1.165) is 21.7 Å². The van der Waals surface area contributed by atoms with Gasteiger partial charge < -0.3 is 4.74 Å². The van der Waals surface area contributed by atoms with Crippen molar-refractivity contribution >= 4 is 17.4 Å². The number of rotatable bonds is 1. The number of hydrogen-bond acceptors (Lipinski definition) is 4. The second kappa shape index (κ2) is 5.42. The highest BCUT2D eigenvalue weighted by molar-refractivity contribution is 7.07. The van der Waals surface area contributed by atoms with Crippen LogP contribution in [0.3, 0.4) is 0 Å². The quantitative estimate of drug-likeness (QED) is 0.668. The summed E-state index contributed by atoms with van der Waals surface area (Å²) in [6, 6.07) is 17.8. The van der Waals surface area contributed by atoms with Crippen molar-refractivity contribution < 1.29 is 4.74 Å². The molecule has 0 amide bonds. The highest BCUT2D eigenvalue weighted by atomic mass is 32.1. The average Bonchev–Trinajstić information content (AvgIpc) is 2.91. The molecule has 1 aromatic heterocycles. The summed E-state index contributed by atoms with van der Waals surface area (Å²) in [5.41, 5.74) is 1.44. The Labute approximate surface area is 154 Å². The van der Waals surface area contributed by atoms with Crippen LogP contribution in [0.15, 0.2) is 64.4 Å². The minimum absolute atomic E-state index is 0.0215. The first-order valence-corrected chi connectivity index (χ1v) is 9.54. The van der Waals surface area contributed by atoms with Crippen molar-refractivity contribution in [2.75, 3.05) is 0 Å². The molecule has 5 rings (SSSR count). The molecule has 2 aliphatic rings. The Bertz CT molecular complexity index is 1180. The zero-order valence-electron chi connectivity index (χ0n) is 14.5. The molecule has 2 aliphatic heterocycles. The second-order valence-electron chi connectivity index (χ2n) is 7.02. The highest BCUT2D eigenvalue weighted by Gasteiger charge is 2.48. The zero-order chi connectivity index (χ0) is 17.9. The molecule has 0 unspecified atom stereocenters. The van der Waals surface area contributed by atoms with E-state index in [-0.39, 0.29) is 17.5 Å². The number of para-hydroxylation sites is 1. The van der Waals surface area contributed by atoms with E-state index in [0.29, 0.717) is 4.53 Å². The maximum absolute atomic E-state index is 13.2. The molecule has 26 heavy (non-hydrogen) atoms. The third-order valence-electron chi connectivity index (χ3n) is 5.40. The Morgan fingerprint density at radius 3 is 2.69 bits per heavy atom. The molecule has 3 aromatic rings. The molecule has 0 N–H and O–H groups in total. The molecule has 0 aliphatic carbocycles. The molecule has 3 atom stereocenters. The highest BCUT2D eigenvalue weighted by Crippen LogP contribution is 2.46. The predicted molar refractivity (Wildman–Crippen MR) is 102 cm³/mol. The van der Waals surface area contributed by atoms with Crippen molar-refractivity contribution in [2.24, 2.45) is 10.9 Å². The Morgan fingerprint density at radius 2 is 1.88 bits per heavy atom. The molecule has 0 saturated carbocycles. The lowest BCUT2D eigenvalue weighted by Crippen LogP contribution is -2.54. The summed E-state index contributed by atoms with van der Waals surface area (Å²) in [5.74, 6) is 0.890. The van der Waals surface area contributed by atoms with Crippen LogP contribution in [0.2, 0.25) is 0 Å². The molecule has 4 nitrogen and oxygen atoms in total. The fraction of sp³-hybridized carbons (Fsp3) is 0.238. The first-order valence-electron chi connectivity index (χ1n) is 8.73. The fourth-order valence-electron chi connectivity index (χ4n) is 3.88. The van der Waals surface area contributed by atoms with Crippen molar-refractivity contribution in [3.8, 4) is 5.75 Å². The standard InChI is InChI=1S/C21H18N2O2S/c1-13-18-15-10-6-7-11-16(15)25-21(13,2)22-20-23(18)19(24)17(26-20)12-14-8-4-3-5-9-14/h3-13,18H,1-2H3/b17-12-/t13-,18-,21+/m0/s1. The third kappa shape index (κ3) is 2.13. The van der Waals surface area contributed by atoms with Crippen molar-refractivity contribution in [2.45, 2.75) is 25.6 Å². The van der Waals surface area contributed by atoms with Gasteiger partial charge >= 0.3 is 0 Å². The molecule has 0 spiro atoms. The van der Waals surface area contributed by atoms with E-state index < -0.39 is 5.72 Å². The summed E-state index contributed by atoms with van der Waals surface area (Å²) < 4.78 is 8.80. The monoisotopic (exact) mass is 362 g/mol. The van der Waals surface area contributed by atoms with Crippen molar-refractivity contribution in [3.05, 3.63) is 85.4 Å². The maximum atomic E-state index is 13.2. The molecule has 3 heterocycles. The van der Waals surface area contributed by atoms with Gasteiger partial charge in [0.1, 0.15) is 5.75 Å². The molecular weight excluding hydrogens is 344 g/mol. The van der Waals surface area contributed by atoms with Crippen LogP contribution in [0.4, 0.5) is 0 Å². The topological polar surface area (TPSA) is 43.6 Å². The van der Waals surface area contributed by atoms with Crippen molar-refractivity contribution in [1.29, 1.82) is 0 Å². The van der Waals surface area contributed by atoms with Crippen LogP contribution in [0.25, 0.3) is 6.08 Å². The van der Waals surface area contributed by atoms with Crippen LogP contribution in [0.1, 0.15) is 31.0 Å². The summed E-state index contributed by atoms with van der Waals surface area (Å²) in [7, 11) is 0. The Hall–Kier alpha value is -2.66. The number of fused-ring (bicyclic) bond motifs is 6. The molecular formula is C21H18N2O2S. The van der Waals surface area contributed by atoms with Crippen molar-refractivity contribution in [1.82, 2.24) is 4.57 Å². The number of aromatic nitrogens is 1. The lowest BCUT2D eigenvalue weighted by atomic mass is 9.83. The van der Waals surface area contributed by atoms with Crippen LogP contribution in [0, 0.1) is 5.92 Å². The minimum atomic E-state index is -0.652. The number of hydrogen-bond donors (Lipinski definition) is 0. The molecule has 0 saturated heterocycles. The summed E-state index contributed by atoms with van der Waals surface area (Å²) in [6.45, 7) is 4.12. The van der Waals surface area contributed by atoms with E-state index in [1.54, 1.807) is 0 Å². The molecule has 130 valence electrons. The molecule has 5 heteroatoms. The van der Waals surface area contributed by atoms with E-state index >= 15 is 0 Å². The van der Waals surface area contributed by atoms with Gasteiger partial charge in [-0.3, -0.25) is 9.36 Å². The maximum Gasteiger partial charge on any atom is 0.270 e. The van der Waals surface area contributed by atoms with Crippen LogP contribution in [-0.4, -0.2) is 10.3 Å². The van der Waals surface area contributed by atoms with E-state index in [1.807, 2.05) is 66.1 Å². The third-order valence-corrected chi connectivity index (χ3v) is 6.39. The zero-order valence-corrected chi connectivity index (χ0v) is 15.4. The smallest absolute Gasteiger partial charge is 0.270 e. The summed E-state index contributed by atoms with van der Waals surface area (Å²) >= 11 is 1.44. The Morgan fingerprint density at radius 1 is 1.15 bits per heavy atom. The predicted octanol–water partition coefficient (Wildman–Crippen LogP) is 2.71. The van der Waals surface area contributed by atoms with Gasteiger partial charge in [-0.2, -0.15) is 0 Å². The van der Waals surface area contributed by atoms with Gasteiger partial charge in [0, 0.05) is 11.5 Å². The first kappa shape index (κ1) is 15.6. The van der Waals surface area contributed by atoms with E-state index in [9.17, 15) is 4.79 Å². The van der Waals surface area contributed by atoms with E-state index in [4.69, 9.17) is 9.73 Å². The lowest BCUT2D eigenvalue weighted by Gasteiger charge is -2.45. The largest absolute Gasteiger partial charge is 0.466 e. The summed E-state index contributed by atoms with van der Waals surface area (Å²) in [4.78, 5) is 18.8. The minimum Gasteiger partial charge on any atom is -0.466 e. The van der Waals surface area contributed by atoms with Crippen LogP contribution in [0.5, 0.6) is 5.75 Å². The summed E-state index contributed by atoms with van der Waals surface area (Å²) in [5, 5.41) is 0. The van der Waals surface area contributed by atoms with Gasteiger partial charge in [0.15, 0.2) is 4.80 Å². The van der Waals surface area contributed by atoms with Crippen LogP contribution in [-0.2, 0) is 0 Å². The van der Waals surface area contributed by atoms with Gasteiger partial charge in [0.25, 0.3) is 5.56 Å². The first-order chi connectivity index (χ1) is 12.6. The average molecular weight is 362 g/mol. The van der Waals surface area contributed by atoms with Gasteiger partial charge in [-0.05, 0) is 24.6 Å². The Kier molecular flexibility index (Phi) is 3.25. The number of nitrogens with zero attached hydrogens (tertiary/aromatic N) is 2. The van der Waals surface area contributed by atoms with E-state index in [2.05, 4.69) is 13.0 Å². The number of ether oxygens (including phenoxy) is 1. The van der Waals surface area contributed by atoms with Gasteiger partial charge in [0.05, 0.1) is 10.6 Å². The van der Waals surface area contributed by atoms with Gasteiger partial charge in [-0.1, -0.05) is 66.8 Å². The molecule has 2 bridgehead atoms. The number of thiazole rings is 1. The molecule has 2 aromatic carbocycles. The molecule has 0 fully saturated rings. The Balaban J connectivity index is 1.80.